The topological polar surface area (TPSA) is 59.0 Å². The normalized spacial score (nSPS) is 17.2. The fraction of sp³-hybridized carbons (Fsp3) is 0.480. The van der Waals surface area contributed by atoms with Gasteiger partial charge in [0.1, 0.15) is 6.10 Å². The highest BCUT2D eigenvalue weighted by atomic mass is 19.4. The number of carbonyl (C=O) groups is 1. The van der Waals surface area contributed by atoms with Gasteiger partial charge in [0.2, 0.25) is 0 Å². The number of halogens is 6. The van der Waals surface area contributed by atoms with Crippen LogP contribution in [0.4, 0.5) is 26.3 Å². The van der Waals surface area contributed by atoms with Crippen molar-refractivity contribution in [3.63, 3.8) is 0 Å². The number of hydrogen-bond donors (Lipinski definition) is 1. The van der Waals surface area contributed by atoms with Gasteiger partial charge in [0, 0.05) is 20.8 Å². The molecule has 0 amide bonds. The number of benzene rings is 2. The Morgan fingerprint density at radius 2 is 1.56 bits per heavy atom. The van der Waals surface area contributed by atoms with Crippen LogP contribution in [0.1, 0.15) is 41.7 Å². The second kappa shape index (κ2) is 14.2. The summed E-state index contributed by atoms with van der Waals surface area (Å²) in [6.45, 7) is 2.63. The van der Waals surface area contributed by atoms with Gasteiger partial charge in [-0.1, -0.05) is 30.3 Å². The first-order valence-electron chi connectivity index (χ1n) is 11.0. The predicted octanol–water partition coefficient (Wildman–Crippen LogP) is 5.52. The Balaban J connectivity index is 0.000000338. The quantitative estimate of drug-likeness (QED) is 0.414. The number of cyclic esters (lactones) is 1. The molecule has 1 N–H and O–H groups in total. The molecule has 0 spiro atoms. The molecule has 0 aromatic heterocycles. The molecule has 1 fully saturated rings. The second-order valence-corrected chi connectivity index (χ2v) is 8.05. The lowest BCUT2D eigenvalue weighted by atomic mass is 10.0. The van der Waals surface area contributed by atoms with Gasteiger partial charge in [-0.3, -0.25) is 9.69 Å². The summed E-state index contributed by atoms with van der Waals surface area (Å²) in [5.41, 5.74) is -1.54. The summed E-state index contributed by atoms with van der Waals surface area (Å²) in [4.78, 5) is 13.2. The molecule has 0 saturated carbocycles. The van der Waals surface area contributed by atoms with Gasteiger partial charge in [-0.2, -0.15) is 26.3 Å². The van der Waals surface area contributed by atoms with E-state index in [0.717, 1.165) is 26.5 Å². The number of esters is 1. The van der Waals surface area contributed by atoms with Gasteiger partial charge in [0.05, 0.1) is 23.8 Å². The summed E-state index contributed by atoms with van der Waals surface area (Å²) < 4.78 is 85.0. The first-order valence-corrected chi connectivity index (χ1v) is 11.0. The highest BCUT2D eigenvalue weighted by Gasteiger charge is 2.37. The predicted molar refractivity (Wildman–Crippen MR) is 122 cm³/mol. The van der Waals surface area contributed by atoms with Crippen LogP contribution in [0, 0.1) is 0 Å². The third-order valence-corrected chi connectivity index (χ3v) is 5.24. The maximum absolute atomic E-state index is 12.5. The highest BCUT2D eigenvalue weighted by Crippen LogP contribution is 2.37. The van der Waals surface area contributed by atoms with Crippen molar-refractivity contribution in [2.45, 2.75) is 44.3 Å². The number of carbonyl (C=O) groups excluding carboxylic acids is 1. The number of methoxy groups -OCH3 is 1. The Hall–Kier alpha value is -2.63. The molecule has 0 unspecified atom stereocenters. The molecule has 3 rings (SSSR count). The fourth-order valence-corrected chi connectivity index (χ4v) is 3.37. The number of nitrogens with zero attached hydrogens (tertiary/aromatic N) is 1. The molecule has 1 aliphatic heterocycles. The molecule has 5 nitrogen and oxygen atoms in total. The van der Waals surface area contributed by atoms with E-state index in [1.807, 2.05) is 30.1 Å². The molecule has 1 aliphatic rings. The molecule has 0 aliphatic carbocycles. The van der Waals surface area contributed by atoms with Gasteiger partial charge < -0.3 is 14.6 Å². The van der Waals surface area contributed by atoms with Gasteiger partial charge in [-0.15, -0.1) is 0 Å². The molecule has 2 aromatic rings. The number of morpholine rings is 1. The number of ether oxygens (including phenoxy) is 2. The lowest BCUT2D eigenvalue weighted by Gasteiger charge is -2.29. The van der Waals surface area contributed by atoms with Crippen LogP contribution >= 0.6 is 0 Å². The number of aliphatic hydroxyl groups is 1. The molecule has 0 bridgehead atoms. The summed E-state index contributed by atoms with van der Waals surface area (Å²) >= 11 is 0. The van der Waals surface area contributed by atoms with E-state index in [1.165, 1.54) is 19.6 Å². The van der Waals surface area contributed by atoms with Crippen LogP contribution in [0.5, 0.6) is 0 Å². The van der Waals surface area contributed by atoms with Crippen molar-refractivity contribution in [3.05, 3.63) is 70.8 Å². The number of likely N-dealkylation sites (N-methyl/N-ethyl adjacent to an activating group) is 1. The Kier molecular flexibility index (Phi) is 12.4. The summed E-state index contributed by atoms with van der Waals surface area (Å²) in [6.07, 6.45) is -8.60. The molecule has 2 atom stereocenters. The maximum atomic E-state index is 12.5. The van der Waals surface area contributed by atoms with Crippen molar-refractivity contribution in [3.8, 4) is 0 Å². The zero-order chi connectivity index (χ0) is 27.5. The summed E-state index contributed by atoms with van der Waals surface area (Å²) in [5.74, 6) is -0.105. The number of rotatable bonds is 5. The number of aliphatic hydroxyl groups excluding tert-OH is 1. The minimum absolute atomic E-state index is 0.0476. The van der Waals surface area contributed by atoms with Crippen LogP contribution in [0.25, 0.3) is 0 Å². The Bertz CT molecular complexity index is 902. The van der Waals surface area contributed by atoms with Crippen molar-refractivity contribution in [1.29, 1.82) is 0 Å². The maximum Gasteiger partial charge on any atom is 0.416 e. The fourth-order valence-electron chi connectivity index (χ4n) is 3.37. The molecule has 0 radical (unpaired) electrons. The Morgan fingerprint density at radius 1 is 1.03 bits per heavy atom. The summed E-state index contributed by atoms with van der Waals surface area (Å²) in [7, 11) is 4.16. The van der Waals surface area contributed by atoms with Crippen molar-refractivity contribution in [1.82, 2.24) is 4.90 Å². The number of aryl methyl sites for hydroxylation is 1. The van der Waals surface area contributed by atoms with E-state index in [0.29, 0.717) is 18.7 Å². The first kappa shape index (κ1) is 31.4. The minimum atomic E-state index is -4.83. The molecule has 1 heterocycles. The third kappa shape index (κ3) is 10.5. The zero-order valence-corrected chi connectivity index (χ0v) is 20.5. The monoisotopic (exact) mass is 523 g/mol. The Morgan fingerprint density at radius 3 is 2.00 bits per heavy atom. The molecular formula is C25H31F6NO4. The zero-order valence-electron chi connectivity index (χ0n) is 20.5. The largest absolute Gasteiger partial charge is 0.460 e. The van der Waals surface area contributed by atoms with Crippen molar-refractivity contribution in [2.75, 3.05) is 34.4 Å². The molecule has 202 valence electrons. The molecule has 11 heteroatoms. The van der Waals surface area contributed by atoms with E-state index in [2.05, 4.69) is 12.1 Å². The van der Waals surface area contributed by atoms with E-state index in [-0.39, 0.29) is 23.7 Å². The van der Waals surface area contributed by atoms with Crippen molar-refractivity contribution < 1.29 is 45.7 Å². The average Bonchev–Trinajstić information content (AvgIpc) is 2.82. The lowest BCUT2D eigenvalue weighted by molar-refractivity contribution is -0.157. The highest BCUT2D eigenvalue weighted by molar-refractivity contribution is 5.72. The van der Waals surface area contributed by atoms with Gasteiger partial charge in [0.25, 0.3) is 0 Å². The first-order chi connectivity index (χ1) is 16.8. The standard InChI is InChI=1S/C13H17NO2.C11H10F6O.CH4O/c1-14-9-12(16-13(15)10-14)8-7-11-5-3-2-4-6-11;1-6(18-2)7-3-8(10(12,13)14)5-9(4-7)11(15,16)17;1-2/h2-6,12H,7-10H2,1H3;3-6H,1-2H3;2H,1H3/t12-;6-;/m01./s1. The van der Waals surface area contributed by atoms with Gasteiger partial charge in [0.15, 0.2) is 0 Å². The van der Waals surface area contributed by atoms with E-state index < -0.39 is 29.6 Å². The van der Waals surface area contributed by atoms with Gasteiger partial charge >= 0.3 is 18.3 Å². The average molecular weight is 524 g/mol. The molecule has 36 heavy (non-hydrogen) atoms. The van der Waals surface area contributed by atoms with Crippen LogP contribution in [-0.4, -0.2) is 56.4 Å². The van der Waals surface area contributed by atoms with Crippen molar-refractivity contribution in [2.24, 2.45) is 0 Å². The van der Waals surface area contributed by atoms with Crippen LogP contribution in [0.15, 0.2) is 48.5 Å². The van der Waals surface area contributed by atoms with Gasteiger partial charge in [-0.25, -0.2) is 0 Å². The van der Waals surface area contributed by atoms with Crippen LogP contribution in [-0.2, 0) is 33.0 Å². The minimum Gasteiger partial charge on any atom is -0.460 e. The van der Waals surface area contributed by atoms with Crippen molar-refractivity contribution >= 4 is 5.97 Å². The molecular weight excluding hydrogens is 492 g/mol. The second-order valence-electron chi connectivity index (χ2n) is 8.05. The SMILES string of the molecule is CN1CC(=O)O[C@@H](CCc2ccccc2)C1.CO.CO[C@H](C)c1cc(C(F)(F)F)cc(C(F)(F)F)c1. The number of hydrogen-bond acceptors (Lipinski definition) is 5. The Labute approximate surface area is 206 Å². The van der Waals surface area contributed by atoms with E-state index in [9.17, 15) is 31.1 Å². The van der Waals surface area contributed by atoms with Crippen LogP contribution < -0.4 is 0 Å². The summed E-state index contributed by atoms with van der Waals surface area (Å²) in [5, 5.41) is 7.00. The summed E-state index contributed by atoms with van der Waals surface area (Å²) in [6, 6.07) is 11.7. The lowest BCUT2D eigenvalue weighted by Crippen LogP contribution is -2.43. The van der Waals surface area contributed by atoms with E-state index in [4.69, 9.17) is 14.6 Å². The molecule has 1 saturated heterocycles. The number of alkyl halides is 6. The third-order valence-electron chi connectivity index (χ3n) is 5.24. The van der Waals surface area contributed by atoms with E-state index >= 15 is 0 Å². The molecule has 2 aromatic carbocycles. The van der Waals surface area contributed by atoms with Gasteiger partial charge in [-0.05, 0) is 56.1 Å². The van der Waals surface area contributed by atoms with E-state index in [1.54, 1.807) is 0 Å². The smallest absolute Gasteiger partial charge is 0.416 e. The van der Waals surface area contributed by atoms with Crippen LogP contribution in [0.2, 0.25) is 0 Å². The van der Waals surface area contributed by atoms with Crippen LogP contribution in [0.3, 0.4) is 0 Å².